The molecule has 1 aliphatic rings. The molecule has 108 valence electrons. The Balaban J connectivity index is 2.10. The second-order valence-corrected chi connectivity index (χ2v) is 4.82. The van der Waals surface area contributed by atoms with Gasteiger partial charge in [-0.2, -0.15) is 0 Å². The second kappa shape index (κ2) is 8.53. The van der Waals surface area contributed by atoms with E-state index in [1.54, 1.807) is 6.08 Å². The molecule has 0 saturated carbocycles. The number of carbonyl (C=O) groups is 2. The number of primary amides is 1. The second-order valence-electron chi connectivity index (χ2n) is 4.82. The zero-order valence-electron chi connectivity index (χ0n) is 11.4. The van der Waals surface area contributed by atoms with Crippen LogP contribution < -0.4 is 16.4 Å². The van der Waals surface area contributed by atoms with E-state index in [-0.39, 0.29) is 17.9 Å². The first-order chi connectivity index (χ1) is 9.13. The van der Waals surface area contributed by atoms with Gasteiger partial charge in [-0.15, -0.1) is 6.58 Å². The van der Waals surface area contributed by atoms with E-state index < -0.39 is 0 Å². The van der Waals surface area contributed by atoms with Crippen LogP contribution in [0.5, 0.6) is 0 Å². The molecule has 4 N–H and O–H groups in total. The van der Waals surface area contributed by atoms with Gasteiger partial charge in [0.1, 0.15) is 0 Å². The Morgan fingerprint density at radius 1 is 1.42 bits per heavy atom. The molecule has 19 heavy (non-hydrogen) atoms. The predicted molar refractivity (Wildman–Crippen MR) is 74.6 cm³/mol. The molecule has 1 heterocycles. The smallest absolute Gasteiger partial charge is 0.315 e. The average molecular weight is 268 g/mol. The Kier molecular flexibility index (Phi) is 6.95. The van der Waals surface area contributed by atoms with Crippen LogP contribution in [0.2, 0.25) is 0 Å². The Labute approximate surface area is 114 Å². The summed E-state index contributed by atoms with van der Waals surface area (Å²) in [7, 11) is 0. The van der Waals surface area contributed by atoms with Crippen molar-refractivity contribution in [3.8, 4) is 0 Å². The molecule has 1 rings (SSSR count). The van der Waals surface area contributed by atoms with E-state index >= 15 is 0 Å². The maximum atomic E-state index is 11.2. The average Bonchev–Trinajstić information content (AvgIpc) is 2.41. The minimum absolute atomic E-state index is 0.0161. The third kappa shape index (κ3) is 6.24. The minimum Gasteiger partial charge on any atom is -0.369 e. The SMILES string of the molecule is C=CCNC(=O)NCCCN1CCCC(C(N)=O)C1. The van der Waals surface area contributed by atoms with Crippen LogP contribution in [-0.4, -0.2) is 49.6 Å². The van der Waals surface area contributed by atoms with Gasteiger partial charge in [-0.1, -0.05) is 6.08 Å². The summed E-state index contributed by atoms with van der Waals surface area (Å²) in [5.74, 6) is -0.218. The fourth-order valence-corrected chi connectivity index (χ4v) is 2.22. The summed E-state index contributed by atoms with van der Waals surface area (Å²) in [6.45, 7) is 7.26. The molecule has 0 aliphatic carbocycles. The van der Waals surface area contributed by atoms with Gasteiger partial charge in [-0.25, -0.2) is 4.79 Å². The van der Waals surface area contributed by atoms with Crippen molar-refractivity contribution in [2.75, 3.05) is 32.7 Å². The highest BCUT2D eigenvalue weighted by molar-refractivity contribution is 5.77. The first-order valence-electron chi connectivity index (χ1n) is 6.77. The Hall–Kier alpha value is -1.56. The van der Waals surface area contributed by atoms with E-state index in [2.05, 4.69) is 22.1 Å². The number of nitrogens with two attached hydrogens (primary N) is 1. The van der Waals surface area contributed by atoms with Crippen molar-refractivity contribution in [1.82, 2.24) is 15.5 Å². The van der Waals surface area contributed by atoms with Crippen molar-refractivity contribution in [3.63, 3.8) is 0 Å². The largest absolute Gasteiger partial charge is 0.369 e. The summed E-state index contributed by atoms with van der Waals surface area (Å²) >= 11 is 0. The van der Waals surface area contributed by atoms with Gasteiger partial charge in [0.15, 0.2) is 0 Å². The van der Waals surface area contributed by atoms with E-state index in [9.17, 15) is 9.59 Å². The highest BCUT2D eigenvalue weighted by atomic mass is 16.2. The summed E-state index contributed by atoms with van der Waals surface area (Å²) in [5.41, 5.74) is 5.33. The van der Waals surface area contributed by atoms with E-state index in [1.165, 1.54) is 0 Å². The van der Waals surface area contributed by atoms with Gasteiger partial charge in [0, 0.05) is 19.6 Å². The van der Waals surface area contributed by atoms with Gasteiger partial charge >= 0.3 is 6.03 Å². The first kappa shape index (κ1) is 15.5. The molecule has 1 atom stereocenters. The minimum atomic E-state index is -0.202. The number of hydrogen-bond donors (Lipinski definition) is 3. The Morgan fingerprint density at radius 2 is 2.21 bits per heavy atom. The Morgan fingerprint density at radius 3 is 2.89 bits per heavy atom. The zero-order chi connectivity index (χ0) is 14.1. The molecule has 1 unspecified atom stereocenters. The van der Waals surface area contributed by atoms with Gasteiger partial charge < -0.3 is 21.3 Å². The lowest BCUT2D eigenvalue weighted by atomic mass is 9.97. The lowest BCUT2D eigenvalue weighted by molar-refractivity contribution is -0.123. The van der Waals surface area contributed by atoms with E-state index in [0.29, 0.717) is 13.1 Å². The molecule has 0 bridgehead atoms. The van der Waals surface area contributed by atoms with Gasteiger partial charge in [-0.05, 0) is 32.4 Å². The zero-order valence-corrected chi connectivity index (χ0v) is 11.4. The molecule has 3 amide bonds. The molecule has 1 saturated heterocycles. The van der Waals surface area contributed by atoms with Crippen LogP contribution in [0.1, 0.15) is 19.3 Å². The summed E-state index contributed by atoms with van der Waals surface area (Å²) in [4.78, 5) is 24.6. The number of amides is 3. The molecule has 0 aromatic heterocycles. The van der Waals surface area contributed by atoms with Crippen molar-refractivity contribution in [2.24, 2.45) is 11.7 Å². The van der Waals surface area contributed by atoms with Crippen LogP contribution in [0.4, 0.5) is 4.79 Å². The van der Waals surface area contributed by atoms with Gasteiger partial charge in [-0.3, -0.25) is 4.79 Å². The van der Waals surface area contributed by atoms with Crippen LogP contribution in [0.3, 0.4) is 0 Å². The molecule has 6 heteroatoms. The molecule has 6 nitrogen and oxygen atoms in total. The molecule has 1 fully saturated rings. The fourth-order valence-electron chi connectivity index (χ4n) is 2.22. The third-order valence-electron chi connectivity index (χ3n) is 3.25. The van der Waals surface area contributed by atoms with Crippen LogP contribution >= 0.6 is 0 Å². The normalized spacial score (nSPS) is 19.7. The number of likely N-dealkylation sites (tertiary alicyclic amines) is 1. The molecule has 0 aromatic carbocycles. The molecular formula is C13H24N4O2. The van der Waals surface area contributed by atoms with Crippen molar-refractivity contribution in [3.05, 3.63) is 12.7 Å². The van der Waals surface area contributed by atoms with Crippen LogP contribution in [0, 0.1) is 5.92 Å². The van der Waals surface area contributed by atoms with E-state index in [4.69, 9.17) is 5.73 Å². The summed E-state index contributed by atoms with van der Waals surface area (Å²) < 4.78 is 0. The molecular weight excluding hydrogens is 244 g/mol. The number of piperidine rings is 1. The van der Waals surface area contributed by atoms with Crippen LogP contribution in [0.15, 0.2) is 12.7 Å². The van der Waals surface area contributed by atoms with Crippen LogP contribution in [0.25, 0.3) is 0 Å². The summed E-state index contributed by atoms with van der Waals surface area (Å²) in [5, 5.41) is 5.42. The van der Waals surface area contributed by atoms with Gasteiger partial charge in [0.2, 0.25) is 5.91 Å². The molecule has 0 radical (unpaired) electrons. The molecule has 1 aliphatic heterocycles. The number of nitrogens with zero attached hydrogens (tertiary/aromatic N) is 1. The van der Waals surface area contributed by atoms with E-state index in [1.807, 2.05) is 0 Å². The van der Waals surface area contributed by atoms with Crippen molar-refractivity contribution >= 4 is 11.9 Å². The molecule has 0 spiro atoms. The van der Waals surface area contributed by atoms with Crippen LogP contribution in [-0.2, 0) is 4.79 Å². The lowest BCUT2D eigenvalue weighted by Gasteiger charge is -2.31. The van der Waals surface area contributed by atoms with Crippen molar-refractivity contribution in [2.45, 2.75) is 19.3 Å². The maximum absolute atomic E-state index is 11.2. The molecule has 0 aromatic rings. The number of rotatable bonds is 7. The highest BCUT2D eigenvalue weighted by Gasteiger charge is 2.23. The monoisotopic (exact) mass is 268 g/mol. The number of carbonyl (C=O) groups excluding carboxylic acids is 2. The van der Waals surface area contributed by atoms with Crippen molar-refractivity contribution in [1.29, 1.82) is 0 Å². The van der Waals surface area contributed by atoms with E-state index in [0.717, 1.165) is 38.9 Å². The number of urea groups is 1. The summed E-state index contributed by atoms with van der Waals surface area (Å²) in [6, 6.07) is -0.173. The number of hydrogen-bond acceptors (Lipinski definition) is 3. The highest BCUT2D eigenvalue weighted by Crippen LogP contribution is 2.15. The topological polar surface area (TPSA) is 87.5 Å². The summed E-state index contributed by atoms with van der Waals surface area (Å²) in [6.07, 6.45) is 4.42. The standard InChI is InChI=1S/C13H24N4O2/c1-2-6-15-13(19)16-7-4-9-17-8-3-5-11(10-17)12(14)18/h2,11H,1,3-10H2,(H2,14,18)(H2,15,16,19). The predicted octanol–water partition coefficient (Wildman–Crippen LogP) is 0.0590. The first-order valence-corrected chi connectivity index (χ1v) is 6.77. The van der Waals surface area contributed by atoms with Crippen molar-refractivity contribution < 1.29 is 9.59 Å². The lowest BCUT2D eigenvalue weighted by Crippen LogP contribution is -2.42. The van der Waals surface area contributed by atoms with Gasteiger partial charge in [0.25, 0.3) is 0 Å². The Bertz CT molecular complexity index is 320. The quantitative estimate of drug-likeness (QED) is 0.450. The third-order valence-corrected chi connectivity index (χ3v) is 3.25. The maximum Gasteiger partial charge on any atom is 0.315 e. The number of nitrogens with one attached hydrogen (secondary N) is 2. The van der Waals surface area contributed by atoms with Gasteiger partial charge in [0.05, 0.1) is 5.92 Å². The fraction of sp³-hybridized carbons (Fsp3) is 0.692.